The lowest BCUT2D eigenvalue weighted by Crippen LogP contribution is -2.10. The summed E-state index contributed by atoms with van der Waals surface area (Å²) >= 11 is 0. The normalized spacial score (nSPS) is 11.7. The Labute approximate surface area is 376 Å². The van der Waals surface area contributed by atoms with Gasteiger partial charge in [0.15, 0.2) is 0 Å². The van der Waals surface area contributed by atoms with Gasteiger partial charge in [0.2, 0.25) is 0 Å². The molecule has 13 aromatic rings. The highest BCUT2D eigenvalue weighted by molar-refractivity contribution is 6.20. The number of aromatic nitrogens is 1. The number of benzene rings is 11. The van der Waals surface area contributed by atoms with E-state index in [1.54, 1.807) is 0 Å². The van der Waals surface area contributed by atoms with E-state index in [-0.39, 0.29) is 0 Å². The molecule has 0 N–H and O–H groups in total. The number of fused-ring (bicyclic) bond motifs is 9. The fourth-order valence-corrected chi connectivity index (χ4v) is 10.1. The third-order valence-corrected chi connectivity index (χ3v) is 13.2. The van der Waals surface area contributed by atoms with Crippen molar-refractivity contribution in [2.24, 2.45) is 0 Å². The van der Waals surface area contributed by atoms with Crippen molar-refractivity contribution >= 4 is 82.4 Å². The molecule has 2 aromatic heterocycles. The van der Waals surface area contributed by atoms with Gasteiger partial charge in [-0.15, -0.1) is 0 Å². The number of furan rings is 1. The second-order valence-corrected chi connectivity index (χ2v) is 16.9. The van der Waals surface area contributed by atoms with Crippen LogP contribution in [0.5, 0.6) is 0 Å². The summed E-state index contributed by atoms with van der Waals surface area (Å²) < 4.78 is 8.99. The minimum atomic E-state index is 0.887. The van der Waals surface area contributed by atoms with Crippen molar-refractivity contribution in [3.63, 3.8) is 0 Å². The maximum absolute atomic E-state index is 6.60. The zero-order valence-electron chi connectivity index (χ0n) is 35.4. The van der Waals surface area contributed by atoms with Crippen molar-refractivity contribution in [3.05, 3.63) is 243 Å². The Morgan fingerprint density at radius 2 is 0.892 bits per heavy atom. The summed E-state index contributed by atoms with van der Waals surface area (Å²) in [6, 6.07) is 87.8. The summed E-state index contributed by atoms with van der Waals surface area (Å²) in [7, 11) is 0. The van der Waals surface area contributed by atoms with Crippen molar-refractivity contribution in [3.8, 4) is 39.1 Å². The molecular weight excluding hydrogens is 789 g/mol. The molecule has 11 aromatic carbocycles. The predicted molar refractivity (Wildman–Crippen MR) is 274 cm³/mol. The molecule has 2 heterocycles. The van der Waals surface area contributed by atoms with Crippen LogP contribution in [0.2, 0.25) is 0 Å². The van der Waals surface area contributed by atoms with Gasteiger partial charge in [0.1, 0.15) is 11.2 Å². The van der Waals surface area contributed by atoms with Crippen molar-refractivity contribution in [2.75, 3.05) is 4.90 Å². The first-order valence-electron chi connectivity index (χ1n) is 22.2. The van der Waals surface area contributed by atoms with Gasteiger partial charge in [0.25, 0.3) is 0 Å². The van der Waals surface area contributed by atoms with Gasteiger partial charge in [-0.1, -0.05) is 170 Å². The fourth-order valence-electron chi connectivity index (χ4n) is 10.1. The summed E-state index contributed by atoms with van der Waals surface area (Å²) in [5.41, 5.74) is 15.6. The van der Waals surface area contributed by atoms with Crippen molar-refractivity contribution in [2.45, 2.75) is 0 Å². The van der Waals surface area contributed by atoms with Gasteiger partial charge in [-0.3, -0.25) is 0 Å². The summed E-state index contributed by atoms with van der Waals surface area (Å²) in [4.78, 5) is 2.42. The van der Waals surface area contributed by atoms with Crippen LogP contribution < -0.4 is 4.90 Å². The molecule has 0 saturated heterocycles. The molecule has 0 spiro atoms. The average Bonchev–Trinajstić information content (AvgIpc) is 3.92. The largest absolute Gasteiger partial charge is 0.455 e. The third kappa shape index (κ3) is 6.12. The Hall–Kier alpha value is -8.66. The number of rotatable bonds is 7. The maximum Gasteiger partial charge on any atom is 0.143 e. The van der Waals surface area contributed by atoms with Crippen LogP contribution in [-0.2, 0) is 0 Å². The Kier molecular flexibility index (Phi) is 8.53. The monoisotopic (exact) mass is 828 g/mol. The number of anilines is 3. The standard InChI is InChI=1S/C62H40N2O/c1-3-15-41(16-4-1)45-31-35-58-55(38-45)56-39-46(32-36-59(56)64(58)47-20-5-2-6-21-47)44-19-13-22-49(37-44)63(48-33-29-43(30-34-48)51-27-14-18-42-17-7-8-23-50(42)51)60-40-57-53-25-11-12-28-61(53)65-62(57)54-26-10-9-24-52(54)60/h1-40H. The number of para-hydroxylation sites is 2. The number of hydrogen-bond donors (Lipinski definition) is 0. The first kappa shape index (κ1) is 36.9. The zero-order chi connectivity index (χ0) is 42.8. The van der Waals surface area contributed by atoms with E-state index in [0.29, 0.717) is 0 Å². The molecule has 3 nitrogen and oxygen atoms in total. The molecular formula is C62H40N2O. The SMILES string of the molecule is c1ccc(-c2ccc3c(c2)c2cc(-c4cccc(N(c5ccc(-c6cccc7ccccc67)cc5)c5cc6c7ccccc7oc6c6ccccc56)c4)ccc2n3-c2ccccc2)cc1. The topological polar surface area (TPSA) is 21.3 Å². The molecule has 0 fully saturated rings. The van der Waals surface area contributed by atoms with E-state index in [0.717, 1.165) is 66.6 Å². The number of hydrogen-bond acceptors (Lipinski definition) is 2. The van der Waals surface area contributed by atoms with Gasteiger partial charge in [-0.2, -0.15) is 0 Å². The molecule has 0 radical (unpaired) electrons. The van der Waals surface area contributed by atoms with Gasteiger partial charge in [-0.05, 0) is 117 Å². The van der Waals surface area contributed by atoms with Crippen LogP contribution in [0.4, 0.5) is 17.1 Å². The Balaban J connectivity index is 1.01. The molecule has 65 heavy (non-hydrogen) atoms. The lowest BCUT2D eigenvalue weighted by Gasteiger charge is -2.28. The zero-order valence-corrected chi connectivity index (χ0v) is 35.4. The molecule has 304 valence electrons. The Morgan fingerprint density at radius 1 is 0.323 bits per heavy atom. The second-order valence-electron chi connectivity index (χ2n) is 16.9. The fraction of sp³-hybridized carbons (Fsp3) is 0. The van der Waals surface area contributed by atoms with Gasteiger partial charge in [0, 0.05) is 49.4 Å². The van der Waals surface area contributed by atoms with Crippen LogP contribution in [0.3, 0.4) is 0 Å². The van der Waals surface area contributed by atoms with Crippen LogP contribution in [0, 0.1) is 0 Å². The highest BCUT2D eigenvalue weighted by atomic mass is 16.3. The smallest absolute Gasteiger partial charge is 0.143 e. The van der Waals surface area contributed by atoms with Crippen molar-refractivity contribution in [1.29, 1.82) is 0 Å². The Morgan fingerprint density at radius 3 is 1.66 bits per heavy atom. The second kappa shape index (κ2) is 15.0. The van der Waals surface area contributed by atoms with Crippen molar-refractivity contribution in [1.82, 2.24) is 4.57 Å². The molecule has 0 aliphatic carbocycles. The first-order chi connectivity index (χ1) is 32.2. The van der Waals surface area contributed by atoms with Gasteiger partial charge >= 0.3 is 0 Å². The minimum Gasteiger partial charge on any atom is -0.455 e. The van der Waals surface area contributed by atoms with Crippen LogP contribution >= 0.6 is 0 Å². The lowest BCUT2D eigenvalue weighted by molar-refractivity contribution is 0.672. The van der Waals surface area contributed by atoms with E-state index < -0.39 is 0 Å². The van der Waals surface area contributed by atoms with Gasteiger partial charge in [0.05, 0.1) is 16.7 Å². The summed E-state index contributed by atoms with van der Waals surface area (Å²) in [5.74, 6) is 0. The quantitative estimate of drug-likeness (QED) is 0.160. The molecule has 0 amide bonds. The summed E-state index contributed by atoms with van der Waals surface area (Å²) in [5, 5.41) is 9.32. The molecule has 0 bridgehead atoms. The maximum atomic E-state index is 6.60. The highest BCUT2D eigenvalue weighted by Crippen LogP contribution is 2.46. The summed E-state index contributed by atoms with van der Waals surface area (Å²) in [6.45, 7) is 0. The third-order valence-electron chi connectivity index (χ3n) is 13.2. The van der Waals surface area contributed by atoms with E-state index >= 15 is 0 Å². The van der Waals surface area contributed by atoms with Crippen LogP contribution in [0.15, 0.2) is 247 Å². The average molecular weight is 829 g/mol. The molecule has 0 unspecified atom stereocenters. The predicted octanol–water partition coefficient (Wildman–Crippen LogP) is 17.5. The van der Waals surface area contributed by atoms with Crippen molar-refractivity contribution < 1.29 is 4.42 Å². The molecule has 0 aliphatic heterocycles. The van der Waals surface area contributed by atoms with E-state index in [4.69, 9.17) is 4.42 Å². The van der Waals surface area contributed by atoms with E-state index in [2.05, 4.69) is 246 Å². The van der Waals surface area contributed by atoms with Crippen LogP contribution in [0.1, 0.15) is 0 Å². The van der Waals surface area contributed by atoms with E-state index in [9.17, 15) is 0 Å². The van der Waals surface area contributed by atoms with Crippen LogP contribution in [0.25, 0.3) is 104 Å². The van der Waals surface area contributed by atoms with E-state index in [1.165, 1.54) is 54.8 Å². The molecule has 0 aliphatic rings. The molecule has 0 atom stereocenters. The highest BCUT2D eigenvalue weighted by Gasteiger charge is 2.22. The minimum absolute atomic E-state index is 0.887. The first-order valence-corrected chi connectivity index (χ1v) is 22.2. The lowest BCUT2D eigenvalue weighted by atomic mass is 9.97. The van der Waals surface area contributed by atoms with Gasteiger partial charge in [-0.25, -0.2) is 0 Å². The van der Waals surface area contributed by atoms with E-state index in [1.807, 2.05) is 6.07 Å². The molecule has 0 saturated carbocycles. The van der Waals surface area contributed by atoms with Gasteiger partial charge < -0.3 is 13.9 Å². The van der Waals surface area contributed by atoms with Crippen LogP contribution in [-0.4, -0.2) is 4.57 Å². The molecule has 3 heteroatoms. The number of nitrogens with zero attached hydrogens (tertiary/aromatic N) is 2. The molecule has 13 rings (SSSR count). The summed E-state index contributed by atoms with van der Waals surface area (Å²) in [6.07, 6.45) is 0. The Bertz CT molecular complexity index is 3930.